The smallest absolute Gasteiger partial charge is 0.263 e. The second-order valence-corrected chi connectivity index (χ2v) is 7.49. The van der Waals surface area contributed by atoms with Gasteiger partial charge in [-0.05, 0) is 43.5 Å². The third-order valence-electron chi connectivity index (χ3n) is 5.29. The lowest BCUT2D eigenvalue weighted by molar-refractivity contribution is -0.118. The van der Waals surface area contributed by atoms with Gasteiger partial charge in [-0.2, -0.15) is 9.78 Å². The molecule has 1 amide bonds. The molecule has 3 heterocycles. The fourth-order valence-corrected chi connectivity index (χ4v) is 3.72. The summed E-state index contributed by atoms with van der Waals surface area (Å²) in [5.74, 6) is 1.78. The lowest BCUT2D eigenvalue weighted by Crippen LogP contribution is -2.24. The molecule has 168 valence electrons. The number of hydrogen-bond donors (Lipinski definition) is 2. The number of nitrogens with zero attached hydrogens (tertiary/aromatic N) is 3. The van der Waals surface area contributed by atoms with Crippen LogP contribution in [0.4, 0.5) is 5.82 Å². The molecule has 5 rings (SSSR count). The maximum Gasteiger partial charge on any atom is 0.263 e. The highest BCUT2D eigenvalue weighted by atomic mass is 16.5. The quantitative estimate of drug-likeness (QED) is 0.446. The minimum absolute atomic E-state index is 0.193. The Bertz CT molecular complexity index is 1360. The minimum Gasteiger partial charge on any atom is -0.497 e. The van der Waals surface area contributed by atoms with Crippen LogP contribution in [0.25, 0.3) is 17.4 Å². The number of nitrogens with one attached hydrogen (secondary N) is 2. The third-order valence-corrected chi connectivity index (χ3v) is 5.29. The van der Waals surface area contributed by atoms with E-state index in [0.717, 1.165) is 18.5 Å². The van der Waals surface area contributed by atoms with Gasteiger partial charge in [0.15, 0.2) is 12.4 Å². The Kier molecular flexibility index (Phi) is 5.39. The van der Waals surface area contributed by atoms with Crippen molar-refractivity contribution in [1.82, 2.24) is 19.7 Å². The van der Waals surface area contributed by atoms with Crippen LogP contribution in [-0.4, -0.2) is 39.4 Å². The molecule has 0 unspecified atom stereocenters. The van der Waals surface area contributed by atoms with Crippen LogP contribution in [0.15, 0.2) is 57.9 Å². The number of aromatic nitrogens is 4. The van der Waals surface area contributed by atoms with Crippen LogP contribution in [0.2, 0.25) is 0 Å². The van der Waals surface area contributed by atoms with Crippen LogP contribution >= 0.6 is 0 Å². The number of H-pyrrole nitrogens is 1. The van der Waals surface area contributed by atoms with Gasteiger partial charge in [0.25, 0.3) is 11.5 Å². The molecule has 4 aromatic rings. The zero-order valence-electron chi connectivity index (χ0n) is 17.8. The first-order chi connectivity index (χ1) is 16.1. The van der Waals surface area contributed by atoms with Crippen LogP contribution in [0, 0.1) is 0 Å². The molecule has 0 bridgehead atoms. The van der Waals surface area contributed by atoms with Gasteiger partial charge in [0.2, 0.25) is 5.95 Å². The van der Waals surface area contributed by atoms with Gasteiger partial charge in [-0.25, -0.2) is 4.98 Å². The fraction of sp³-hybridized carbons (Fsp3) is 0.217. The van der Waals surface area contributed by atoms with E-state index in [1.165, 1.54) is 10.9 Å². The number of benzene rings is 1. The number of methoxy groups -OCH3 is 1. The van der Waals surface area contributed by atoms with Gasteiger partial charge in [-0.3, -0.25) is 14.6 Å². The molecular weight excluding hydrogens is 426 g/mol. The summed E-state index contributed by atoms with van der Waals surface area (Å²) < 4.78 is 17.6. The molecule has 33 heavy (non-hydrogen) atoms. The number of aryl methyl sites for hydroxylation is 1. The predicted octanol–water partition coefficient (Wildman–Crippen LogP) is 2.73. The molecule has 0 saturated carbocycles. The summed E-state index contributed by atoms with van der Waals surface area (Å²) in [6.45, 7) is -0.234. The van der Waals surface area contributed by atoms with Crippen molar-refractivity contribution in [3.63, 3.8) is 0 Å². The largest absolute Gasteiger partial charge is 0.497 e. The molecule has 2 N–H and O–H groups in total. The first-order valence-corrected chi connectivity index (χ1v) is 10.4. The zero-order chi connectivity index (χ0) is 22.8. The average Bonchev–Trinajstić information content (AvgIpc) is 3.58. The number of hydrogen-bond acceptors (Lipinski definition) is 7. The molecule has 0 radical (unpaired) electrons. The monoisotopic (exact) mass is 447 g/mol. The topological polar surface area (TPSA) is 124 Å². The van der Waals surface area contributed by atoms with Gasteiger partial charge < -0.3 is 19.2 Å². The van der Waals surface area contributed by atoms with E-state index in [2.05, 4.69) is 20.4 Å². The Labute approximate surface area is 188 Å². The number of carbonyl (C=O) groups excluding carboxylic acids is 1. The van der Waals surface area contributed by atoms with Gasteiger partial charge in [0.1, 0.15) is 23.0 Å². The molecule has 0 spiro atoms. The molecule has 1 aliphatic rings. The van der Waals surface area contributed by atoms with Crippen molar-refractivity contribution in [1.29, 1.82) is 0 Å². The summed E-state index contributed by atoms with van der Waals surface area (Å²) in [6, 6.07) is 12.1. The summed E-state index contributed by atoms with van der Waals surface area (Å²) in [5, 5.41) is 7.28. The molecule has 0 saturated heterocycles. The molecular formula is C23H21N5O5. The Balaban J connectivity index is 1.42. The van der Waals surface area contributed by atoms with E-state index in [0.29, 0.717) is 40.8 Å². The van der Waals surface area contributed by atoms with Crippen LogP contribution in [0.1, 0.15) is 17.7 Å². The highest BCUT2D eigenvalue weighted by Crippen LogP contribution is 2.25. The highest BCUT2D eigenvalue weighted by Gasteiger charge is 2.21. The third kappa shape index (κ3) is 4.22. The van der Waals surface area contributed by atoms with Gasteiger partial charge in [-0.1, -0.05) is 6.07 Å². The lowest BCUT2D eigenvalue weighted by Gasteiger charge is -2.10. The maximum atomic E-state index is 12.6. The normalized spacial score (nSPS) is 12.4. The summed E-state index contributed by atoms with van der Waals surface area (Å²) in [6.07, 6.45) is 3.86. The number of anilines is 1. The molecule has 10 nitrogen and oxygen atoms in total. The highest BCUT2D eigenvalue weighted by molar-refractivity contribution is 5.91. The summed E-state index contributed by atoms with van der Waals surface area (Å²) in [7, 11) is 1.56. The van der Waals surface area contributed by atoms with E-state index in [1.54, 1.807) is 49.6 Å². The maximum absolute atomic E-state index is 12.6. The molecule has 0 atom stereocenters. The minimum atomic E-state index is -0.409. The van der Waals surface area contributed by atoms with Crippen molar-refractivity contribution in [3.05, 3.63) is 70.3 Å². The first-order valence-electron chi connectivity index (χ1n) is 10.4. The van der Waals surface area contributed by atoms with E-state index >= 15 is 0 Å². The Morgan fingerprint density at radius 3 is 2.91 bits per heavy atom. The molecule has 1 aliphatic carbocycles. The number of fused-ring (bicyclic) bond motifs is 1. The first kappa shape index (κ1) is 20.6. The summed E-state index contributed by atoms with van der Waals surface area (Å²) >= 11 is 0. The standard InChI is InChI=1S/C23H21N5O5/c1-31-14-5-2-6-15(11-14)33-13-21(29)25-20-12-18(19-9-4-10-32-19)27-28(20)23-24-17-8-3-7-16(17)22(30)26-23/h2,4-6,9-12H,3,7-8,13H2,1H3,(H,25,29)(H,24,26,30). The molecule has 3 aromatic heterocycles. The number of amides is 1. The van der Waals surface area contributed by atoms with E-state index in [9.17, 15) is 9.59 Å². The van der Waals surface area contributed by atoms with E-state index in [4.69, 9.17) is 13.9 Å². The number of furan rings is 1. The van der Waals surface area contributed by atoms with Crippen LogP contribution in [-0.2, 0) is 17.6 Å². The Hall–Kier alpha value is -4.34. The van der Waals surface area contributed by atoms with Gasteiger partial charge in [0, 0.05) is 17.7 Å². The van der Waals surface area contributed by atoms with Crippen LogP contribution in [0.5, 0.6) is 11.5 Å². The fourth-order valence-electron chi connectivity index (χ4n) is 3.72. The predicted molar refractivity (Wildman–Crippen MR) is 119 cm³/mol. The van der Waals surface area contributed by atoms with Crippen molar-refractivity contribution in [2.45, 2.75) is 19.3 Å². The second-order valence-electron chi connectivity index (χ2n) is 7.49. The zero-order valence-corrected chi connectivity index (χ0v) is 17.8. The number of aromatic amines is 1. The number of ether oxygens (including phenoxy) is 2. The van der Waals surface area contributed by atoms with E-state index < -0.39 is 5.91 Å². The van der Waals surface area contributed by atoms with Crippen molar-refractivity contribution in [3.8, 4) is 28.9 Å². The van der Waals surface area contributed by atoms with Crippen LogP contribution in [0.3, 0.4) is 0 Å². The Morgan fingerprint density at radius 1 is 1.21 bits per heavy atom. The van der Waals surface area contributed by atoms with Crippen molar-refractivity contribution >= 4 is 11.7 Å². The Morgan fingerprint density at radius 2 is 2.09 bits per heavy atom. The molecule has 1 aromatic carbocycles. The molecule has 0 aliphatic heterocycles. The average molecular weight is 447 g/mol. The van der Waals surface area contributed by atoms with Gasteiger partial charge >= 0.3 is 0 Å². The van der Waals surface area contributed by atoms with E-state index in [1.807, 2.05) is 0 Å². The van der Waals surface area contributed by atoms with E-state index in [-0.39, 0.29) is 18.1 Å². The van der Waals surface area contributed by atoms with Gasteiger partial charge in [0.05, 0.1) is 19.1 Å². The van der Waals surface area contributed by atoms with Crippen molar-refractivity contribution in [2.75, 3.05) is 19.0 Å². The molecule has 0 fully saturated rings. The van der Waals surface area contributed by atoms with Crippen molar-refractivity contribution < 1.29 is 18.7 Å². The molecule has 10 heteroatoms. The van der Waals surface area contributed by atoms with Crippen molar-refractivity contribution in [2.24, 2.45) is 0 Å². The SMILES string of the molecule is COc1cccc(OCC(=O)Nc2cc(-c3ccco3)nn2-c2nc3c(c(=O)[nH]2)CCC3)c1. The summed E-state index contributed by atoms with van der Waals surface area (Å²) in [4.78, 5) is 32.5. The summed E-state index contributed by atoms with van der Waals surface area (Å²) in [5.41, 5.74) is 1.74. The number of rotatable bonds is 7. The second kappa shape index (κ2) is 8.65. The number of carbonyl (C=O) groups is 1. The lowest BCUT2D eigenvalue weighted by atomic mass is 10.3. The van der Waals surface area contributed by atoms with Crippen LogP contribution < -0.4 is 20.3 Å². The van der Waals surface area contributed by atoms with Gasteiger partial charge in [-0.15, -0.1) is 0 Å².